The molecule has 0 fully saturated rings. The molecule has 3 aromatic heterocycles. The fourth-order valence-corrected chi connectivity index (χ4v) is 7.11. The van der Waals surface area contributed by atoms with E-state index in [1.165, 1.54) is 29.8 Å². The lowest BCUT2D eigenvalue weighted by molar-refractivity contribution is -0.128. The average Bonchev–Trinajstić information content (AvgIpc) is 3.67. The van der Waals surface area contributed by atoms with Gasteiger partial charge in [0.05, 0.1) is 29.0 Å². The van der Waals surface area contributed by atoms with Crippen molar-refractivity contribution in [1.82, 2.24) is 24.3 Å². The summed E-state index contributed by atoms with van der Waals surface area (Å²) in [6.45, 7) is 4.10. The third kappa shape index (κ3) is 12.6. The fraction of sp³-hybridized carbons (Fsp3) is 0.145. The maximum absolute atomic E-state index is 13.3. The highest BCUT2D eigenvalue weighted by atomic mass is 19.1. The number of ether oxygens (including phenoxy) is 1. The van der Waals surface area contributed by atoms with E-state index >= 15 is 0 Å². The van der Waals surface area contributed by atoms with Crippen molar-refractivity contribution in [2.45, 2.75) is 45.6 Å². The Morgan fingerprint density at radius 2 is 1.06 bits per heavy atom. The summed E-state index contributed by atoms with van der Waals surface area (Å²) in [6.07, 6.45) is 5.13. The molecule has 3 N–H and O–H groups in total. The molecule has 9 rings (SSSR count). The second kappa shape index (κ2) is 22.6. The third-order valence-electron chi connectivity index (χ3n) is 10.6. The standard InChI is InChI=1S/C26H20FN3O.C17H15N3.C12H15FO2/c27-21-13-11-19(12-14-21)16-23-26(31)30-17-24(20-9-5-2-6-10-20)28-22(25(30)29-23)15-18-7-3-1-4-8-18;18-17-15(11-13-7-3-1-4-8-13)20-16(12-19-17)14-9-5-2-6-10-14;1-3-15-9(2)12(14)8-10-4-6-11(13)7-5-10/h1-14,17,31H,15-16H2;1-10,12H,11H2,(H2,18,19);4-7,9H,3,8H2,1-2H3. The number of Topliss-reactive ketones (excluding diaryl/α,β-unsaturated/α-hetero) is 1. The number of nitrogen functional groups attached to an aromatic ring is 1. The topological polar surface area (TPSA) is 129 Å². The number of ketones is 1. The first-order valence-corrected chi connectivity index (χ1v) is 21.7. The molecule has 3 heterocycles. The van der Waals surface area contributed by atoms with Crippen molar-refractivity contribution in [3.8, 4) is 28.4 Å². The van der Waals surface area contributed by atoms with Gasteiger partial charge in [-0.3, -0.25) is 9.20 Å². The number of hydrogen-bond donors (Lipinski definition) is 2. The van der Waals surface area contributed by atoms with Crippen LogP contribution in [0.25, 0.3) is 28.2 Å². The highest BCUT2D eigenvalue weighted by Crippen LogP contribution is 2.28. The minimum atomic E-state index is -0.389. The highest BCUT2D eigenvalue weighted by molar-refractivity contribution is 5.84. The van der Waals surface area contributed by atoms with Gasteiger partial charge in [-0.25, -0.2) is 28.7 Å². The smallest absolute Gasteiger partial charge is 0.219 e. The Bertz CT molecular complexity index is 2940. The number of carbonyl (C=O) groups excluding carboxylic acids is 1. The van der Waals surface area contributed by atoms with Crippen LogP contribution < -0.4 is 5.73 Å². The summed E-state index contributed by atoms with van der Waals surface area (Å²) in [5.74, 6) is 0.0130. The molecule has 0 spiro atoms. The van der Waals surface area contributed by atoms with Crippen LogP contribution in [0.5, 0.6) is 5.88 Å². The summed E-state index contributed by atoms with van der Waals surface area (Å²) >= 11 is 0. The Balaban J connectivity index is 0.000000160. The van der Waals surface area contributed by atoms with Gasteiger partial charge >= 0.3 is 0 Å². The quantitative estimate of drug-likeness (QED) is 0.117. The number of aromatic hydroxyl groups is 1. The normalized spacial score (nSPS) is 11.2. The third-order valence-corrected chi connectivity index (χ3v) is 10.6. The number of nitrogens with zero attached hydrogens (tertiary/aromatic N) is 5. The number of halogens is 2. The van der Waals surface area contributed by atoms with Gasteiger partial charge in [0.25, 0.3) is 0 Å². The Labute approximate surface area is 383 Å². The Morgan fingerprint density at radius 1 is 0.606 bits per heavy atom. The molecule has 0 saturated heterocycles. The Hall–Kier alpha value is -7.89. The van der Waals surface area contributed by atoms with Crippen LogP contribution in [0.3, 0.4) is 0 Å². The van der Waals surface area contributed by atoms with Crippen molar-refractivity contribution in [2.24, 2.45) is 0 Å². The van der Waals surface area contributed by atoms with E-state index in [1.54, 1.807) is 41.8 Å². The average molecular weight is 881 g/mol. The van der Waals surface area contributed by atoms with E-state index in [0.717, 1.165) is 50.6 Å². The van der Waals surface area contributed by atoms with Gasteiger partial charge < -0.3 is 15.6 Å². The monoisotopic (exact) mass is 880 g/mol. The zero-order chi connectivity index (χ0) is 46.3. The lowest BCUT2D eigenvalue weighted by Crippen LogP contribution is -2.22. The van der Waals surface area contributed by atoms with Gasteiger partial charge in [0.2, 0.25) is 5.88 Å². The minimum absolute atomic E-state index is 0.0171. The molecule has 6 aromatic carbocycles. The van der Waals surface area contributed by atoms with Gasteiger partial charge in [-0.15, -0.1) is 0 Å². The molecule has 0 amide bonds. The van der Waals surface area contributed by atoms with Crippen LogP contribution >= 0.6 is 0 Å². The summed E-state index contributed by atoms with van der Waals surface area (Å²) in [6, 6.07) is 52.3. The number of nitrogens with two attached hydrogens (primary N) is 1. The van der Waals surface area contributed by atoms with Crippen LogP contribution in [0.2, 0.25) is 0 Å². The molecule has 1 atom stereocenters. The van der Waals surface area contributed by atoms with Crippen LogP contribution in [-0.2, 0) is 35.2 Å². The van der Waals surface area contributed by atoms with Gasteiger partial charge in [0, 0.05) is 49.6 Å². The van der Waals surface area contributed by atoms with Gasteiger partial charge in [-0.1, -0.05) is 146 Å². The van der Waals surface area contributed by atoms with Crippen molar-refractivity contribution in [3.63, 3.8) is 0 Å². The molecule has 0 aliphatic rings. The summed E-state index contributed by atoms with van der Waals surface area (Å²) in [7, 11) is 0. The molecule has 1 unspecified atom stereocenters. The molecule has 0 saturated carbocycles. The molecular weight excluding hydrogens is 831 g/mol. The highest BCUT2D eigenvalue weighted by Gasteiger charge is 2.18. The van der Waals surface area contributed by atoms with Crippen LogP contribution in [-0.4, -0.2) is 47.9 Å². The number of rotatable bonds is 13. The SMILES string of the molecule is CCOC(C)C(=O)Cc1ccc(F)cc1.Nc1ncc(-c2ccccc2)nc1Cc1ccccc1.Oc1c(Cc2ccc(F)cc2)nc2c(Cc3ccccc3)nc(-c3ccccc3)cn12. The first kappa shape index (κ1) is 46.1. The van der Waals surface area contributed by atoms with Gasteiger partial charge in [0.15, 0.2) is 11.4 Å². The molecule has 9 nitrogen and oxygen atoms in total. The van der Waals surface area contributed by atoms with Crippen molar-refractivity contribution < 1.29 is 23.4 Å². The molecule has 0 aliphatic heterocycles. The molecule has 332 valence electrons. The van der Waals surface area contributed by atoms with Crippen molar-refractivity contribution in [1.29, 1.82) is 0 Å². The number of carbonyl (C=O) groups is 1. The summed E-state index contributed by atoms with van der Waals surface area (Å²) in [5.41, 5.74) is 16.3. The molecule has 0 bridgehead atoms. The lowest BCUT2D eigenvalue weighted by atomic mass is 10.1. The van der Waals surface area contributed by atoms with E-state index in [4.69, 9.17) is 20.4 Å². The predicted molar refractivity (Wildman–Crippen MR) is 256 cm³/mol. The van der Waals surface area contributed by atoms with Crippen LogP contribution in [0, 0.1) is 11.6 Å². The minimum Gasteiger partial charge on any atom is -0.493 e. The lowest BCUT2D eigenvalue weighted by Gasteiger charge is -2.09. The Morgan fingerprint density at radius 3 is 1.61 bits per heavy atom. The number of aromatic nitrogens is 5. The zero-order valence-corrected chi connectivity index (χ0v) is 36.8. The summed E-state index contributed by atoms with van der Waals surface area (Å²) < 4.78 is 32.7. The van der Waals surface area contributed by atoms with E-state index < -0.39 is 0 Å². The number of fused-ring (bicyclic) bond motifs is 1. The van der Waals surface area contributed by atoms with Crippen LogP contribution in [0.1, 0.15) is 53.2 Å². The molecule has 9 aromatic rings. The van der Waals surface area contributed by atoms with Crippen LogP contribution in [0.15, 0.2) is 182 Å². The first-order valence-electron chi connectivity index (χ1n) is 21.7. The van der Waals surface area contributed by atoms with Crippen molar-refractivity contribution in [2.75, 3.05) is 12.3 Å². The predicted octanol–water partition coefficient (Wildman–Crippen LogP) is 11.1. The van der Waals surface area contributed by atoms with Crippen molar-refractivity contribution >= 4 is 17.2 Å². The molecule has 66 heavy (non-hydrogen) atoms. The molecule has 0 radical (unpaired) electrons. The maximum atomic E-state index is 13.3. The molecule has 0 aliphatic carbocycles. The van der Waals surface area contributed by atoms with E-state index in [9.17, 15) is 18.7 Å². The molecule has 11 heteroatoms. The van der Waals surface area contributed by atoms with Gasteiger partial charge in [-0.2, -0.15) is 0 Å². The van der Waals surface area contributed by atoms with E-state index in [2.05, 4.69) is 34.2 Å². The second-order valence-electron chi connectivity index (χ2n) is 15.5. The summed E-state index contributed by atoms with van der Waals surface area (Å²) in [4.78, 5) is 30.1. The van der Waals surface area contributed by atoms with Crippen molar-refractivity contribution in [3.05, 3.63) is 233 Å². The first-order chi connectivity index (χ1) is 32.1. The maximum Gasteiger partial charge on any atom is 0.219 e. The number of anilines is 1. The van der Waals surface area contributed by atoms with Crippen LogP contribution in [0.4, 0.5) is 14.6 Å². The number of hydrogen-bond acceptors (Lipinski definition) is 8. The van der Waals surface area contributed by atoms with E-state index in [0.29, 0.717) is 49.4 Å². The zero-order valence-electron chi connectivity index (χ0n) is 36.8. The van der Waals surface area contributed by atoms with Gasteiger partial charge in [-0.05, 0) is 60.4 Å². The van der Waals surface area contributed by atoms with E-state index in [-0.39, 0.29) is 29.4 Å². The summed E-state index contributed by atoms with van der Waals surface area (Å²) in [5, 5.41) is 11.0. The molecular formula is C55H50F2N6O3. The fourth-order valence-electron chi connectivity index (χ4n) is 7.11. The van der Waals surface area contributed by atoms with E-state index in [1.807, 2.05) is 110 Å². The second-order valence-corrected chi connectivity index (χ2v) is 15.5. The van der Waals surface area contributed by atoms with Gasteiger partial charge in [0.1, 0.15) is 29.3 Å². The largest absolute Gasteiger partial charge is 0.493 e. The number of benzene rings is 6. The Kier molecular flexibility index (Phi) is 15.8. The number of imidazole rings is 1.